The van der Waals surface area contributed by atoms with Crippen molar-refractivity contribution in [2.75, 3.05) is 13.2 Å². The number of hydrogen-bond acceptors (Lipinski definition) is 8. The van der Waals surface area contributed by atoms with Crippen LogP contribution in [-0.4, -0.2) is 59.1 Å². The predicted octanol–water partition coefficient (Wildman–Crippen LogP) is 7.52. The first-order valence-electron chi connectivity index (χ1n) is 16.3. The fourth-order valence-electron chi connectivity index (χ4n) is 5.64. The first kappa shape index (κ1) is 40.2. The molecule has 4 rings (SSSR count). The van der Waals surface area contributed by atoms with E-state index in [0.29, 0.717) is 12.8 Å². The van der Waals surface area contributed by atoms with Crippen molar-refractivity contribution in [3.8, 4) is 0 Å². The zero-order valence-electron chi connectivity index (χ0n) is 29.2. The lowest BCUT2D eigenvalue weighted by molar-refractivity contribution is -0.158. The Kier molecular flexibility index (Phi) is 16.6. The molecule has 46 heavy (non-hydrogen) atoms. The zero-order chi connectivity index (χ0) is 35.1. The summed E-state index contributed by atoms with van der Waals surface area (Å²) in [7, 11) is 0. The molecule has 1 aromatic carbocycles. The Morgan fingerprint density at radius 2 is 1.70 bits per heavy atom. The Morgan fingerprint density at radius 3 is 2.37 bits per heavy atom. The number of esters is 1. The molecule has 1 aromatic heterocycles. The van der Waals surface area contributed by atoms with Gasteiger partial charge >= 0.3 is 12.1 Å². The molecule has 1 amide bonds. The number of hydrogen-bond donors (Lipinski definition) is 1. The van der Waals surface area contributed by atoms with Crippen molar-refractivity contribution in [2.45, 2.75) is 98.8 Å². The number of ether oxygens (including phenoxy) is 3. The van der Waals surface area contributed by atoms with Crippen LogP contribution in [0.15, 0.2) is 55.8 Å². The number of amides is 1. The molecular weight excluding hydrogens is 584 g/mol. The number of nitrogens with zero attached hydrogens (tertiary/aromatic N) is 1. The van der Waals surface area contributed by atoms with Crippen molar-refractivity contribution in [3.63, 3.8) is 0 Å². The fraction of sp³-hybridized carbons (Fsp3) is 0.541. The van der Waals surface area contributed by atoms with Crippen LogP contribution in [0.25, 0.3) is 17.0 Å². The third-order valence-corrected chi connectivity index (χ3v) is 8.12. The molecule has 0 spiro atoms. The number of alkyl carbamates (subject to hydrolysis) is 1. The monoisotopic (exact) mass is 638 g/mol. The van der Waals surface area contributed by atoms with Crippen LogP contribution >= 0.6 is 0 Å². The van der Waals surface area contributed by atoms with E-state index in [1.54, 1.807) is 20.0 Å². The molecule has 1 N–H and O–H groups in total. The molecule has 254 valence electrons. The van der Waals surface area contributed by atoms with Crippen molar-refractivity contribution in [1.82, 2.24) is 10.3 Å². The van der Waals surface area contributed by atoms with Gasteiger partial charge in [0.15, 0.2) is 5.60 Å². The number of cyclic esters (lactones) is 1. The van der Waals surface area contributed by atoms with Gasteiger partial charge in [-0.15, -0.1) is 13.2 Å². The second-order valence-corrected chi connectivity index (χ2v) is 11.5. The molecule has 9 nitrogen and oxygen atoms in total. The fourth-order valence-corrected chi connectivity index (χ4v) is 5.64. The van der Waals surface area contributed by atoms with Crippen molar-refractivity contribution >= 4 is 40.6 Å². The van der Waals surface area contributed by atoms with E-state index in [1.165, 1.54) is 6.92 Å². The molecule has 3 heterocycles. The van der Waals surface area contributed by atoms with Gasteiger partial charge in [0.25, 0.3) is 0 Å². The number of carbonyl (C=O) groups is 4. The molecule has 9 heteroatoms. The highest BCUT2D eigenvalue weighted by molar-refractivity contribution is 5.98. The molecule has 2 aliphatic heterocycles. The summed E-state index contributed by atoms with van der Waals surface area (Å²) in [6, 6.07) is 9.23. The van der Waals surface area contributed by atoms with Gasteiger partial charge in [0.2, 0.25) is 0 Å². The minimum Gasteiger partial charge on any atom is -0.461 e. The first-order valence-corrected chi connectivity index (χ1v) is 16.3. The Bertz CT molecular complexity index is 1340. The van der Waals surface area contributed by atoms with Gasteiger partial charge in [-0.1, -0.05) is 71.9 Å². The third kappa shape index (κ3) is 10.6. The summed E-state index contributed by atoms with van der Waals surface area (Å²) in [4.78, 5) is 55.7. The number of ketones is 2. The second-order valence-electron chi connectivity index (χ2n) is 11.5. The predicted molar refractivity (Wildman–Crippen MR) is 183 cm³/mol. The van der Waals surface area contributed by atoms with Crippen molar-refractivity contribution in [1.29, 1.82) is 0 Å². The summed E-state index contributed by atoms with van der Waals surface area (Å²) in [5.41, 5.74) is -0.204. The summed E-state index contributed by atoms with van der Waals surface area (Å²) < 4.78 is 17.2. The maximum absolute atomic E-state index is 13.5. The van der Waals surface area contributed by atoms with Crippen LogP contribution < -0.4 is 5.32 Å². The van der Waals surface area contributed by atoms with E-state index in [1.807, 2.05) is 84.0 Å². The molecule has 2 fully saturated rings. The lowest BCUT2D eigenvalue weighted by Crippen LogP contribution is -2.52. The minimum atomic E-state index is -1.24. The average molecular weight is 639 g/mol. The number of para-hydroxylation sites is 1. The summed E-state index contributed by atoms with van der Waals surface area (Å²) >= 11 is 0. The van der Waals surface area contributed by atoms with Gasteiger partial charge in [-0.05, 0) is 51.3 Å². The molecular formula is C37H54N2O7. The Labute approximate surface area is 275 Å². The Morgan fingerprint density at radius 1 is 1.04 bits per heavy atom. The van der Waals surface area contributed by atoms with E-state index >= 15 is 0 Å². The highest BCUT2D eigenvalue weighted by Gasteiger charge is 2.51. The van der Waals surface area contributed by atoms with Gasteiger partial charge in [-0.25, -0.2) is 4.79 Å². The topological polar surface area (TPSA) is 121 Å². The van der Waals surface area contributed by atoms with E-state index in [2.05, 4.69) is 23.5 Å². The largest absolute Gasteiger partial charge is 0.461 e. The lowest BCUT2D eigenvalue weighted by Gasteiger charge is -2.35. The van der Waals surface area contributed by atoms with Gasteiger partial charge in [0, 0.05) is 29.8 Å². The number of Topliss-reactive ketones (excluding diaryl/α,β-unsaturated/α-hetero) is 2. The van der Waals surface area contributed by atoms with Gasteiger partial charge in [-0.3, -0.25) is 19.4 Å². The van der Waals surface area contributed by atoms with Crippen LogP contribution in [0.3, 0.4) is 0 Å². The molecule has 0 bridgehead atoms. The SMILES string of the molecule is C=C.CC.CC.CC1C(=O)CC[C@](C)(OC/C=C/c2cnc3ccccc3c2)C[C@@H](C)C(=O)C(C)C2NC(=O)O[C@]2(C)COC1=O. The van der Waals surface area contributed by atoms with Crippen molar-refractivity contribution < 1.29 is 33.4 Å². The van der Waals surface area contributed by atoms with Gasteiger partial charge in [0.1, 0.15) is 24.1 Å². The molecule has 2 aliphatic rings. The van der Waals surface area contributed by atoms with Crippen LogP contribution in [0.5, 0.6) is 0 Å². The average Bonchev–Trinajstić information content (AvgIpc) is 3.39. The Hall–Kier alpha value is -3.85. The number of rotatable bonds is 4. The summed E-state index contributed by atoms with van der Waals surface area (Å²) in [5.74, 6) is -3.03. The number of nitrogens with one attached hydrogen (secondary N) is 1. The molecule has 2 saturated heterocycles. The van der Waals surface area contributed by atoms with Gasteiger partial charge in [0.05, 0.1) is 23.8 Å². The number of benzene rings is 1. The first-order chi connectivity index (χ1) is 21.9. The second kappa shape index (κ2) is 19.0. The zero-order valence-corrected chi connectivity index (χ0v) is 29.2. The number of pyridine rings is 1. The Balaban J connectivity index is 0.00000166. The minimum absolute atomic E-state index is 0.0716. The lowest BCUT2D eigenvalue weighted by atomic mass is 9.77. The van der Waals surface area contributed by atoms with Gasteiger partial charge in [-0.2, -0.15) is 0 Å². The van der Waals surface area contributed by atoms with E-state index in [0.717, 1.165) is 16.5 Å². The van der Waals surface area contributed by atoms with Crippen LogP contribution in [0.4, 0.5) is 4.79 Å². The third-order valence-electron chi connectivity index (χ3n) is 8.12. The van der Waals surface area contributed by atoms with Crippen LogP contribution in [-0.2, 0) is 28.6 Å². The summed E-state index contributed by atoms with van der Waals surface area (Å²) in [6.07, 6.45) is 5.73. The molecule has 6 atom stereocenters. The van der Waals surface area contributed by atoms with Crippen molar-refractivity contribution in [2.24, 2.45) is 17.8 Å². The molecule has 0 aliphatic carbocycles. The quantitative estimate of drug-likeness (QED) is 0.207. The standard InChI is InChI=1S/C31H38N2O7.2C2H6.C2H4/c1-19-16-30(4,39-14-8-9-22-15-23-10-6-7-11-24(23)32-17-22)13-12-25(34)20(2)28(36)38-18-31(5)27(21(3)26(19)35)33-29(37)40-31;3*1-2/h6-11,15,17,19-21,27H,12-14,16,18H2,1-5H3,(H,33,37);2*1-2H3;1-2H2/b9-8+;;;/t19-,20?,21?,27?,30+,31-;;;/m1.../s1. The van der Waals surface area contributed by atoms with Crippen LogP contribution in [0, 0.1) is 17.8 Å². The molecule has 2 aromatic rings. The molecule has 3 unspecified atom stereocenters. The normalized spacial score (nSPS) is 28.5. The summed E-state index contributed by atoms with van der Waals surface area (Å²) in [5, 5.41) is 3.75. The van der Waals surface area contributed by atoms with E-state index in [9.17, 15) is 19.2 Å². The highest BCUT2D eigenvalue weighted by atomic mass is 16.6. The smallest absolute Gasteiger partial charge is 0.408 e. The maximum atomic E-state index is 13.5. The van der Waals surface area contributed by atoms with E-state index < -0.39 is 47.1 Å². The van der Waals surface area contributed by atoms with Crippen molar-refractivity contribution in [3.05, 3.63) is 61.3 Å². The van der Waals surface area contributed by atoms with Crippen LogP contribution in [0.2, 0.25) is 0 Å². The van der Waals surface area contributed by atoms with E-state index in [4.69, 9.17) is 14.2 Å². The molecule has 0 saturated carbocycles. The van der Waals surface area contributed by atoms with Crippen LogP contribution in [0.1, 0.15) is 87.1 Å². The van der Waals surface area contributed by atoms with E-state index in [-0.39, 0.29) is 31.2 Å². The number of fused-ring (bicyclic) bond motifs is 2. The summed E-state index contributed by atoms with van der Waals surface area (Å²) in [6.45, 7) is 22.6. The highest BCUT2D eigenvalue weighted by Crippen LogP contribution is 2.34. The maximum Gasteiger partial charge on any atom is 0.408 e. The number of carbonyl (C=O) groups excluding carboxylic acids is 4. The molecule has 0 radical (unpaired) electrons. The number of aromatic nitrogens is 1. The van der Waals surface area contributed by atoms with Gasteiger partial charge < -0.3 is 19.5 Å².